The van der Waals surface area contributed by atoms with Crippen LogP contribution in [-0.4, -0.2) is 15.6 Å². The zero-order chi connectivity index (χ0) is 15.0. The van der Waals surface area contributed by atoms with Crippen LogP contribution in [0.3, 0.4) is 0 Å². The fraction of sp³-hybridized carbons (Fsp3) is 0.118. The molecule has 0 saturated heterocycles. The quantitative estimate of drug-likeness (QED) is 0.723. The van der Waals surface area contributed by atoms with Crippen LogP contribution >= 0.6 is 0 Å². The third kappa shape index (κ3) is 2.14. The van der Waals surface area contributed by atoms with Gasteiger partial charge in [0.2, 0.25) is 0 Å². The van der Waals surface area contributed by atoms with Crippen LogP contribution in [0.15, 0.2) is 48.5 Å². The maximum atomic E-state index is 11.6. The Morgan fingerprint density at radius 3 is 2.52 bits per heavy atom. The zero-order valence-corrected chi connectivity index (χ0v) is 11.7. The number of aromatic carboxylic acids is 1. The van der Waals surface area contributed by atoms with Crippen LogP contribution in [0.25, 0.3) is 10.9 Å². The van der Waals surface area contributed by atoms with E-state index < -0.39 is 5.97 Å². The summed E-state index contributed by atoms with van der Waals surface area (Å²) < 4.78 is 2.00. The van der Waals surface area contributed by atoms with Crippen molar-refractivity contribution in [3.8, 4) is 0 Å². The molecule has 3 rings (SSSR count). The molecule has 0 saturated carbocycles. The maximum Gasteiger partial charge on any atom is 0.338 e. The third-order valence-corrected chi connectivity index (χ3v) is 3.78. The highest BCUT2D eigenvalue weighted by molar-refractivity contribution is 6.09. The van der Waals surface area contributed by atoms with E-state index in [-0.39, 0.29) is 0 Å². The SMILES string of the molecule is Cc1c(C(=O)O)c2c(N)cccc2n1Cc1ccccc1. The smallest absolute Gasteiger partial charge is 0.338 e. The molecular weight excluding hydrogens is 264 g/mol. The van der Waals surface area contributed by atoms with E-state index in [2.05, 4.69) is 0 Å². The number of aromatic nitrogens is 1. The number of benzene rings is 2. The number of nitrogens with zero attached hydrogens (tertiary/aromatic N) is 1. The third-order valence-electron chi connectivity index (χ3n) is 3.78. The summed E-state index contributed by atoms with van der Waals surface area (Å²) in [7, 11) is 0. The molecule has 0 bridgehead atoms. The van der Waals surface area contributed by atoms with Crippen molar-refractivity contribution >= 4 is 22.6 Å². The molecule has 21 heavy (non-hydrogen) atoms. The molecule has 0 amide bonds. The summed E-state index contributed by atoms with van der Waals surface area (Å²) in [4.78, 5) is 11.6. The normalized spacial score (nSPS) is 10.9. The number of rotatable bonds is 3. The Labute approximate surface area is 122 Å². The van der Waals surface area contributed by atoms with Gasteiger partial charge >= 0.3 is 5.97 Å². The van der Waals surface area contributed by atoms with Gasteiger partial charge in [0, 0.05) is 23.3 Å². The molecule has 0 aliphatic heterocycles. The molecule has 106 valence electrons. The van der Waals surface area contributed by atoms with Crippen molar-refractivity contribution in [2.75, 3.05) is 5.73 Å². The van der Waals surface area contributed by atoms with Crippen molar-refractivity contribution in [3.05, 3.63) is 65.4 Å². The Morgan fingerprint density at radius 2 is 1.86 bits per heavy atom. The Balaban J connectivity index is 2.26. The first kappa shape index (κ1) is 13.2. The first-order valence-corrected chi connectivity index (χ1v) is 6.74. The minimum absolute atomic E-state index is 0.291. The molecule has 0 fully saturated rings. The molecule has 0 atom stereocenters. The lowest BCUT2D eigenvalue weighted by molar-refractivity contribution is 0.0698. The van der Waals surface area contributed by atoms with Crippen molar-refractivity contribution in [2.24, 2.45) is 0 Å². The average molecular weight is 280 g/mol. The van der Waals surface area contributed by atoms with Crippen LogP contribution in [0.5, 0.6) is 0 Å². The number of nitrogens with two attached hydrogens (primary N) is 1. The molecule has 0 spiro atoms. The lowest BCUT2D eigenvalue weighted by Gasteiger charge is -2.08. The van der Waals surface area contributed by atoms with E-state index in [9.17, 15) is 9.90 Å². The second kappa shape index (κ2) is 4.98. The van der Waals surface area contributed by atoms with E-state index >= 15 is 0 Å². The number of carboxylic acid groups (broad SMARTS) is 1. The second-order valence-electron chi connectivity index (χ2n) is 5.08. The molecule has 0 aliphatic rings. The van der Waals surface area contributed by atoms with E-state index in [1.54, 1.807) is 6.07 Å². The van der Waals surface area contributed by atoms with Gasteiger partial charge in [-0.2, -0.15) is 0 Å². The fourth-order valence-corrected chi connectivity index (χ4v) is 2.78. The van der Waals surface area contributed by atoms with Gasteiger partial charge in [0.15, 0.2) is 0 Å². The van der Waals surface area contributed by atoms with Crippen molar-refractivity contribution in [3.63, 3.8) is 0 Å². The van der Waals surface area contributed by atoms with Gasteiger partial charge in [0.1, 0.15) is 0 Å². The van der Waals surface area contributed by atoms with Crippen LogP contribution < -0.4 is 5.73 Å². The first-order valence-electron chi connectivity index (χ1n) is 6.74. The number of fused-ring (bicyclic) bond motifs is 1. The fourth-order valence-electron chi connectivity index (χ4n) is 2.78. The molecule has 0 aliphatic carbocycles. The molecule has 0 radical (unpaired) electrons. The molecule has 4 nitrogen and oxygen atoms in total. The Kier molecular flexibility index (Phi) is 3.14. The van der Waals surface area contributed by atoms with Crippen LogP contribution in [0.1, 0.15) is 21.6 Å². The summed E-state index contributed by atoms with van der Waals surface area (Å²) in [5, 5.41) is 10.1. The van der Waals surface area contributed by atoms with Crippen LogP contribution in [0, 0.1) is 6.92 Å². The Bertz CT molecular complexity index is 820. The summed E-state index contributed by atoms with van der Waals surface area (Å²) in [6, 6.07) is 15.5. The predicted molar refractivity (Wildman–Crippen MR) is 83.6 cm³/mol. The van der Waals surface area contributed by atoms with Crippen LogP contribution in [0.2, 0.25) is 0 Å². The van der Waals surface area contributed by atoms with Crippen molar-refractivity contribution in [2.45, 2.75) is 13.5 Å². The summed E-state index contributed by atoms with van der Waals surface area (Å²) in [6.07, 6.45) is 0. The van der Waals surface area contributed by atoms with Crippen LogP contribution in [-0.2, 0) is 6.54 Å². The zero-order valence-electron chi connectivity index (χ0n) is 11.7. The average Bonchev–Trinajstić information content (AvgIpc) is 2.75. The number of carboxylic acids is 1. The van der Waals surface area contributed by atoms with Gasteiger partial charge in [-0.3, -0.25) is 0 Å². The molecule has 1 heterocycles. The molecule has 0 unspecified atom stereocenters. The first-order chi connectivity index (χ1) is 10.1. The van der Waals surface area contributed by atoms with E-state index in [0.717, 1.165) is 16.8 Å². The maximum absolute atomic E-state index is 11.6. The minimum Gasteiger partial charge on any atom is -0.478 e. The van der Waals surface area contributed by atoms with E-state index in [4.69, 9.17) is 5.73 Å². The molecule has 3 aromatic rings. The van der Waals surface area contributed by atoms with Gasteiger partial charge in [0.05, 0.1) is 11.1 Å². The highest BCUT2D eigenvalue weighted by Gasteiger charge is 2.20. The van der Waals surface area contributed by atoms with Crippen LogP contribution in [0.4, 0.5) is 5.69 Å². The van der Waals surface area contributed by atoms with Crippen molar-refractivity contribution in [1.29, 1.82) is 0 Å². The summed E-state index contributed by atoms with van der Waals surface area (Å²) in [6.45, 7) is 2.45. The number of carbonyl (C=O) groups is 1. The lowest BCUT2D eigenvalue weighted by atomic mass is 10.1. The predicted octanol–water partition coefficient (Wildman–Crippen LogP) is 3.28. The largest absolute Gasteiger partial charge is 0.478 e. The molecule has 3 N–H and O–H groups in total. The topological polar surface area (TPSA) is 68.2 Å². The van der Waals surface area contributed by atoms with Gasteiger partial charge < -0.3 is 15.4 Å². The number of anilines is 1. The van der Waals surface area contributed by atoms with Gasteiger partial charge in [-0.05, 0) is 24.6 Å². The van der Waals surface area contributed by atoms with Gasteiger partial charge in [-0.25, -0.2) is 4.79 Å². The summed E-state index contributed by atoms with van der Waals surface area (Å²) in [5.41, 5.74) is 9.48. The Morgan fingerprint density at radius 1 is 1.14 bits per heavy atom. The minimum atomic E-state index is -0.942. The number of hydrogen-bond donors (Lipinski definition) is 2. The van der Waals surface area contributed by atoms with Gasteiger partial charge in [-0.1, -0.05) is 36.4 Å². The van der Waals surface area contributed by atoms with Crippen molar-refractivity contribution in [1.82, 2.24) is 4.57 Å². The molecule has 1 aromatic heterocycles. The number of hydrogen-bond acceptors (Lipinski definition) is 2. The number of nitrogen functional groups attached to an aromatic ring is 1. The standard InChI is InChI=1S/C17H16N2O2/c1-11-15(17(20)21)16-13(18)8-5-9-14(16)19(11)10-12-6-3-2-4-7-12/h2-9H,10,18H2,1H3,(H,20,21). The molecule has 4 heteroatoms. The van der Waals surface area contributed by atoms with E-state index in [1.165, 1.54) is 0 Å². The second-order valence-corrected chi connectivity index (χ2v) is 5.08. The monoisotopic (exact) mass is 280 g/mol. The summed E-state index contributed by atoms with van der Waals surface area (Å²) in [5.74, 6) is -0.942. The van der Waals surface area contributed by atoms with Crippen molar-refractivity contribution < 1.29 is 9.90 Å². The molecule has 2 aromatic carbocycles. The van der Waals surface area contributed by atoms with Gasteiger partial charge in [-0.15, -0.1) is 0 Å². The highest BCUT2D eigenvalue weighted by atomic mass is 16.4. The van der Waals surface area contributed by atoms with E-state index in [1.807, 2.05) is 54.0 Å². The van der Waals surface area contributed by atoms with Gasteiger partial charge in [0.25, 0.3) is 0 Å². The summed E-state index contributed by atoms with van der Waals surface area (Å²) >= 11 is 0. The lowest BCUT2D eigenvalue weighted by Crippen LogP contribution is -2.04. The van der Waals surface area contributed by atoms with E-state index in [0.29, 0.717) is 23.2 Å². The Hall–Kier alpha value is -2.75. The highest BCUT2D eigenvalue weighted by Crippen LogP contribution is 2.31. The molecular formula is C17H16N2O2.